The number of nitrogens with zero attached hydrogens (tertiary/aromatic N) is 5. The van der Waals surface area contributed by atoms with Crippen LogP contribution < -0.4 is 11.1 Å². The Labute approximate surface area is 221 Å². The number of aliphatic carboxylic acids is 1. The molecule has 4 rings (SSSR count). The predicted molar refractivity (Wildman–Crippen MR) is 125 cm³/mol. The summed E-state index contributed by atoms with van der Waals surface area (Å²) in [6.07, 6.45) is 3.44. The molecule has 1 saturated heterocycles. The van der Waals surface area contributed by atoms with Crippen LogP contribution in [-0.2, 0) is 14.4 Å². The number of rotatable bonds is 6. The topological polar surface area (TPSA) is 184 Å². The number of hydrogen-bond acceptors (Lipinski definition) is 12. The van der Waals surface area contributed by atoms with Gasteiger partial charge in [0.05, 0.1) is 11.2 Å². The van der Waals surface area contributed by atoms with Crippen molar-refractivity contribution in [3.05, 3.63) is 39.3 Å². The van der Waals surface area contributed by atoms with E-state index in [1.54, 1.807) is 17.7 Å². The first-order valence-corrected chi connectivity index (χ1v) is 11.6. The van der Waals surface area contributed by atoms with Crippen molar-refractivity contribution in [3.8, 4) is 0 Å². The van der Waals surface area contributed by atoms with Gasteiger partial charge in [-0.05, 0) is 18.6 Å². The van der Waals surface area contributed by atoms with E-state index in [2.05, 4.69) is 24.8 Å². The fourth-order valence-corrected chi connectivity index (χ4v) is 5.60. The van der Waals surface area contributed by atoms with Crippen LogP contribution in [0.25, 0.3) is 6.08 Å². The zero-order valence-corrected chi connectivity index (χ0v) is 18.7. The predicted octanol–water partition coefficient (Wildman–Crippen LogP) is -0.133. The van der Waals surface area contributed by atoms with Crippen molar-refractivity contribution in [2.75, 3.05) is 11.5 Å². The Kier molecular flexibility index (Phi) is 7.92. The number of fused-ring (bicyclic) bond motifs is 1. The number of aromatic nitrogens is 3. The van der Waals surface area contributed by atoms with Gasteiger partial charge in [0.15, 0.2) is 5.13 Å². The Morgan fingerprint density at radius 3 is 2.73 bits per heavy atom. The number of anilines is 1. The van der Waals surface area contributed by atoms with E-state index in [1.807, 2.05) is 6.92 Å². The van der Waals surface area contributed by atoms with Gasteiger partial charge < -0.3 is 21.4 Å². The first-order chi connectivity index (χ1) is 15.3. The Balaban J connectivity index is 0.00000306. The van der Waals surface area contributed by atoms with Crippen molar-refractivity contribution in [3.63, 3.8) is 0 Å². The van der Waals surface area contributed by atoms with E-state index in [1.165, 1.54) is 23.1 Å². The molecule has 168 valence electrons. The Bertz CT molecular complexity index is 1210. The van der Waals surface area contributed by atoms with Gasteiger partial charge in [0, 0.05) is 22.2 Å². The van der Waals surface area contributed by atoms with Crippen LogP contribution in [0, 0.1) is 6.92 Å². The van der Waals surface area contributed by atoms with Gasteiger partial charge in [-0.25, -0.2) is 9.78 Å². The molecule has 4 heterocycles. The maximum absolute atomic E-state index is 12.7. The summed E-state index contributed by atoms with van der Waals surface area (Å²) in [5.74, 6) is -2.56. The fraction of sp³-hybridized carbons (Fsp3) is 0.235. The van der Waals surface area contributed by atoms with Gasteiger partial charge in [-0.1, -0.05) is 11.2 Å². The number of nitrogen functional groups attached to an aromatic ring is 1. The first-order valence-electron chi connectivity index (χ1n) is 8.93. The summed E-state index contributed by atoms with van der Waals surface area (Å²) in [6.45, 7) is 1.85. The third kappa shape index (κ3) is 4.83. The average molecular weight is 518 g/mol. The van der Waals surface area contributed by atoms with Gasteiger partial charge in [0.2, 0.25) is 11.5 Å². The molecule has 2 atom stereocenters. The summed E-state index contributed by atoms with van der Waals surface area (Å²) in [4.78, 5) is 47.2. The summed E-state index contributed by atoms with van der Waals surface area (Å²) in [5, 5.41) is 23.7. The Morgan fingerprint density at radius 2 is 2.15 bits per heavy atom. The number of carboxylic acids is 1. The molecule has 0 bridgehead atoms. The Hall–Kier alpha value is -2.30. The third-order valence-electron chi connectivity index (χ3n) is 4.67. The van der Waals surface area contributed by atoms with Crippen LogP contribution in [0.2, 0.25) is 0 Å². The van der Waals surface area contributed by atoms with Crippen molar-refractivity contribution < 1.29 is 24.7 Å². The quantitative estimate of drug-likeness (QED) is 0.132. The minimum absolute atomic E-state index is 0. The number of allylic oxidation sites excluding steroid dienone is 1. The molecule has 5 N–H and O–H groups in total. The molecule has 2 amide bonds. The molecule has 0 aromatic carbocycles. The summed E-state index contributed by atoms with van der Waals surface area (Å²) < 4.78 is 3.81. The van der Waals surface area contributed by atoms with E-state index in [4.69, 9.17) is 5.73 Å². The third-order valence-corrected chi connectivity index (χ3v) is 7.42. The van der Waals surface area contributed by atoms with Gasteiger partial charge in [-0.3, -0.25) is 14.5 Å². The number of β-lactam (4-membered cyclic amide) rings is 1. The van der Waals surface area contributed by atoms with Gasteiger partial charge in [0.1, 0.15) is 17.1 Å². The minimum atomic E-state index is -1.24. The summed E-state index contributed by atoms with van der Waals surface area (Å²) in [7, 11) is 0. The van der Waals surface area contributed by atoms with Crippen LogP contribution in [0.1, 0.15) is 16.4 Å². The molecule has 16 heteroatoms. The second-order valence-corrected chi connectivity index (χ2v) is 9.35. The number of nitrogens with two attached hydrogens (primary N) is 1. The van der Waals surface area contributed by atoms with E-state index in [9.17, 15) is 24.7 Å². The zero-order valence-electron chi connectivity index (χ0n) is 16.3. The Morgan fingerprint density at radius 1 is 1.39 bits per heavy atom. The van der Waals surface area contributed by atoms with Crippen LogP contribution >= 0.6 is 34.6 Å². The molecule has 33 heavy (non-hydrogen) atoms. The molecule has 1 unspecified atom stereocenters. The number of carboxylic acid groups (broad SMARTS) is 1. The number of hydrogen-bond donors (Lipinski definition) is 4. The number of aryl methyl sites for hydroxylation is 1. The van der Waals surface area contributed by atoms with Crippen molar-refractivity contribution >= 4 is 98.9 Å². The SMILES string of the molecule is Cc1ncsc1/C=C/C1=C(C(=O)O)N2C(=O)C(NC(=O)/C(=N/O)c3nsc(N)n3)[C@H]2SC1.[NaH]. The van der Waals surface area contributed by atoms with Gasteiger partial charge in [-0.15, -0.1) is 23.1 Å². The number of oxime groups is 1. The molecule has 2 aliphatic rings. The molecule has 2 aromatic rings. The normalized spacial score (nSPS) is 20.3. The summed E-state index contributed by atoms with van der Waals surface area (Å²) in [6, 6.07) is -0.996. The second kappa shape index (κ2) is 10.3. The van der Waals surface area contributed by atoms with E-state index < -0.39 is 34.9 Å². The number of thioether (sulfide) groups is 1. The first kappa shape index (κ1) is 25.3. The zero-order chi connectivity index (χ0) is 23.0. The van der Waals surface area contributed by atoms with Crippen molar-refractivity contribution in [2.24, 2.45) is 5.16 Å². The van der Waals surface area contributed by atoms with Crippen molar-refractivity contribution in [1.29, 1.82) is 0 Å². The molecule has 0 spiro atoms. The molecule has 0 saturated carbocycles. The molecule has 0 aliphatic carbocycles. The molecule has 2 aromatic heterocycles. The standard InChI is InChI=1S/C17H15N7O5S3.Na.H/c1-6-8(31-5-19-6)3-2-7-4-30-15-10(14(26)24(15)11(7)16(27)28)20-13(25)9(22-29)12-21-17(18)32-23-12;;/h2-3,5,10,15,29H,4H2,1H3,(H,20,25)(H,27,28)(H2,18,21,23);;/b3-2+,22-9+;;/t10?,15-;;/m1../s1. The molecule has 2 aliphatic heterocycles. The molecule has 1 fully saturated rings. The van der Waals surface area contributed by atoms with Crippen LogP contribution in [-0.4, -0.2) is 99.8 Å². The van der Waals surface area contributed by atoms with Crippen LogP contribution in [0.4, 0.5) is 5.13 Å². The fourth-order valence-electron chi connectivity index (χ4n) is 3.15. The second-order valence-electron chi connectivity index (χ2n) is 6.58. The van der Waals surface area contributed by atoms with E-state index >= 15 is 0 Å². The van der Waals surface area contributed by atoms with Gasteiger partial charge in [0.25, 0.3) is 11.8 Å². The number of nitrogens with one attached hydrogen (secondary N) is 1. The van der Waals surface area contributed by atoms with E-state index in [-0.39, 0.29) is 46.2 Å². The monoisotopic (exact) mass is 517 g/mol. The van der Waals surface area contributed by atoms with Gasteiger partial charge in [-0.2, -0.15) is 9.36 Å². The maximum atomic E-state index is 12.7. The van der Waals surface area contributed by atoms with Crippen molar-refractivity contribution in [2.45, 2.75) is 18.3 Å². The summed E-state index contributed by atoms with van der Waals surface area (Å²) in [5.41, 5.74) is 7.85. The molecular formula is C17H16N7NaO5S3. The van der Waals surface area contributed by atoms with Crippen LogP contribution in [0.3, 0.4) is 0 Å². The van der Waals surface area contributed by atoms with Gasteiger partial charge >= 0.3 is 35.5 Å². The molecule has 12 nitrogen and oxygen atoms in total. The van der Waals surface area contributed by atoms with Crippen molar-refractivity contribution in [1.82, 2.24) is 24.6 Å². The molecular weight excluding hydrogens is 501 g/mol. The number of amides is 2. The number of thiazole rings is 1. The average Bonchev–Trinajstić information content (AvgIpc) is 3.37. The summed E-state index contributed by atoms with van der Waals surface area (Å²) >= 11 is 3.55. The van der Waals surface area contributed by atoms with Crippen LogP contribution in [0.5, 0.6) is 0 Å². The van der Waals surface area contributed by atoms with E-state index in [0.29, 0.717) is 11.3 Å². The van der Waals surface area contributed by atoms with Crippen LogP contribution in [0.15, 0.2) is 28.0 Å². The number of carbonyl (C=O) groups is 3. The number of carbonyl (C=O) groups excluding carboxylic acids is 2. The van der Waals surface area contributed by atoms with E-state index in [0.717, 1.165) is 27.0 Å². The molecule has 0 radical (unpaired) electrons.